The maximum atomic E-state index is 8.55. The van der Waals surface area contributed by atoms with E-state index in [4.69, 9.17) is 30.8 Å². The van der Waals surface area contributed by atoms with E-state index in [1.54, 1.807) is 0 Å². The molecule has 0 radical (unpaired) electrons. The molecule has 0 aromatic carbocycles. The Morgan fingerprint density at radius 1 is 1.40 bits per heavy atom. The largest absolute Gasteiger partial charge is 0.822 e. The topological polar surface area (TPSA) is 86.2 Å². The third-order valence-corrected chi connectivity index (χ3v) is 0.754. The first-order chi connectivity index (χ1) is 4.41. The molecule has 0 unspecified atom stereocenters. The average molecular weight is 188 g/mol. The molecule has 6 heteroatoms. The van der Waals surface area contributed by atoms with E-state index in [1.165, 1.54) is 6.42 Å². The zero-order valence-electron chi connectivity index (χ0n) is 5.58. The molecule has 64 valence electrons. The van der Waals surface area contributed by atoms with Gasteiger partial charge in [0.05, 0.1) is 0 Å². The Bertz CT molecular complexity index is 91.2. The summed E-state index contributed by atoms with van der Waals surface area (Å²) in [7, 11) is -5.39. The van der Waals surface area contributed by atoms with Gasteiger partial charge in [0.1, 0.15) is 0 Å². The molecule has 0 N–H and O–H groups in total. The van der Waals surface area contributed by atoms with E-state index in [0.29, 0.717) is 0 Å². The zero-order valence-corrected chi connectivity index (χ0v) is 7.23. The second-order valence-corrected chi connectivity index (χ2v) is 2.76. The second-order valence-electron chi connectivity index (χ2n) is 1.49. The summed E-state index contributed by atoms with van der Waals surface area (Å²) in [6.07, 6.45) is 2.37. The molecule has 0 aliphatic heterocycles. The van der Waals surface area contributed by atoms with Crippen LogP contribution < -0.4 is 14.7 Å². The third-order valence-electron chi connectivity index (χ3n) is 0.487. The maximum absolute atomic E-state index is 8.55. The van der Waals surface area contributed by atoms with Gasteiger partial charge in [-0.2, -0.15) is 7.82 Å². The van der Waals surface area contributed by atoms with Crippen LogP contribution in [0.3, 0.4) is 0 Å². The van der Waals surface area contributed by atoms with Crippen LogP contribution >= 0.6 is 19.4 Å². The van der Waals surface area contributed by atoms with Crippen molar-refractivity contribution < 1.29 is 19.2 Å². The molecule has 0 aliphatic rings. The minimum atomic E-state index is -5.39. The first-order valence-corrected chi connectivity index (χ1v) is 4.70. The lowest BCUT2D eigenvalue weighted by atomic mass is 10.4. The number of alkyl halides is 1. The molecule has 4 nitrogen and oxygen atoms in total. The van der Waals surface area contributed by atoms with Crippen LogP contribution in [-0.2, 0) is 4.57 Å². The van der Waals surface area contributed by atoms with Crippen LogP contribution in [0.2, 0.25) is 0 Å². The van der Waals surface area contributed by atoms with Crippen LogP contribution in [-0.4, -0.2) is 5.88 Å². The van der Waals surface area contributed by atoms with E-state index in [2.05, 4.69) is 6.92 Å². The van der Waals surface area contributed by atoms with Gasteiger partial charge < -0.3 is 19.2 Å². The summed E-state index contributed by atoms with van der Waals surface area (Å²) in [5, 5.41) is 0. The highest BCUT2D eigenvalue weighted by Gasteiger charge is 1.70. The van der Waals surface area contributed by atoms with Crippen LogP contribution in [0.15, 0.2) is 0 Å². The summed E-state index contributed by atoms with van der Waals surface area (Å²) in [5.41, 5.74) is 0. The van der Waals surface area contributed by atoms with E-state index in [1.807, 2.05) is 0 Å². The summed E-state index contributed by atoms with van der Waals surface area (Å²) in [5.74, 6) is 0.816. The van der Waals surface area contributed by atoms with Crippen LogP contribution in [0.25, 0.3) is 0 Å². The van der Waals surface area contributed by atoms with Crippen LogP contribution in [0.5, 0.6) is 0 Å². The molecule has 0 saturated heterocycles. The predicted octanol–water partition coefficient (Wildman–Crippen LogP) is -0.799. The zero-order chi connectivity index (χ0) is 8.62. The number of unbranched alkanes of at least 4 members (excludes halogenated alkanes) is 1. The van der Waals surface area contributed by atoms with Gasteiger partial charge in [-0.1, -0.05) is 13.3 Å². The molecule has 0 aromatic heterocycles. The van der Waals surface area contributed by atoms with Crippen molar-refractivity contribution in [2.45, 2.75) is 19.8 Å². The fraction of sp³-hybridized carbons (Fsp3) is 1.00. The molecule has 0 spiro atoms. The van der Waals surface area contributed by atoms with Crippen molar-refractivity contribution in [1.29, 1.82) is 0 Å². The molecule has 0 atom stereocenters. The molecule has 0 saturated carbocycles. The molecule has 0 aliphatic carbocycles. The van der Waals surface area contributed by atoms with Gasteiger partial charge in [-0.05, 0) is 6.42 Å². The van der Waals surface area contributed by atoms with Crippen molar-refractivity contribution in [3.8, 4) is 0 Å². The van der Waals surface area contributed by atoms with Gasteiger partial charge in [0.2, 0.25) is 0 Å². The fourth-order valence-corrected chi connectivity index (χ4v) is 0.401. The highest BCUT2D eigenvalue weighted by molar-refractivity contribution is 7.40. The Hall–Kier alpha value is 0.400. The van der Waals surface area contributed by atoms with Gasteiger partial charge in [0, 0.05) is 5.88 Å². The first-order valence-electron chi connectivity index (χ1n) is 2.70. The number of halogens is 1. The van der Waals surface area contributed by atoms with Crippen molar-refractivity contribution in [2.75, 3.05) is 5.88 Å². The molecule has 0 heterocycles. The number of phosphoric acid groups is 1. The van der Waals surface area contributed by atoms with Crippen LogP contribution in [0.4, 0.5) is 0 Å². The average Bonchev–Trinajstić information content (AvgIpc) is 1.63. The third kappa shape index (κ3) is 79.9. The Morgan fingerprint density at radius 2 is 1.70 bits per heavy atom. The molecule has 0 rings (SSSR count). The van der Waals surface area contributed by atoms with Crippen LogP contribution in [0, 0.1) is 0 Å². The normalized spacial score (nSPS) is 10.1. The van der Waals surface area contributed by atoms with E-state index in [0.717, 1.165) is 12.3 Å². The molecule has 10 heavy (non-hydrogen) atoms. The van der Waals surface area contributed by atoms with Gasteiger partial charge in [0.15, 0.2) is 0 Å². The van der Waals surface area contributed by atoms with Gasteiger partial charge in [-0.3, -0.25) is 0 Å². The standard InChI is InChI=1S/C4H9Cl.H3O4P/c1-2-3-4-5;1-5(2,3)4/h2-4H2,1H3;(H3,1,2,3,4)/p-3. The lowest BCUT2D eigenvalue weighted by molar-refractivity contribution is -0.432. The smallest absolute Gasteiger partial charge is 0.0223 e. The Labute approximate surface area is 65.1 Å². The fourth-order valence-electron chi connectivity index (χ4n) is 0.134. The van der Waals surface area contributed by atoms with Crippen molar-refractivity contribution in [3.63, 3.8) is 0 Å². The molecular formula is C4H9ClO4P-3. The van der Waals surface area contributed by atoms with Crippen LogP contribution in [0.1, 0.15) is 19.8 Å². The monoisotopic (exact) mass is 187 g/mol. The second kappa shape index (κ2) is 7.51. The first kappa shape index (κ1) is 13.0. The van der Waals surface area contributed by atoms with Gasteiger partial charge in [-0.25, -0.2) is 0 Å². The lowest BCUT2D eigenvalue weighted by Crippen LogP contribution is -2.24. The van der Waals surface area contributed by atoms with Gasteiger partial charge in [-0.15, -0.1) is 11.6 Å². The van der Waals surface area contributed by atoms with E-state index < -0.39 is 7.82 Å². The van der Waals surface area contributed by atoms with Crippen molar-refractivity contribution in [1.82, 2.24) is 0 Å². The van der Waals surface area contributed by atoms with E-state index in [-0.39, 0.29) is 0 Å². The number of hydrogen-bond donors (Lipinski definition) is 0. The predicted molar refractivity (Wildman–Crippen MR) is 33.2 cm³/mol. The summed E-state index contributed by atoms with van der Waals surface area (Å²) >= 11 is 5.30. The molecule has 0 amide bonds. The quantitative estimate of drug-likeness (QED) is 0.418. The molecule has 0 fully saturated rings. The SMILES string of the molecule is CCCCCl.O=P([O-])([O-])[O-]. The Morgan fingerprint density at radius 3 is 1.70 bits per heavy atom. The van der Waals surface area contributed by atoms with E-state index in [9.17, 15) is 0 Å². The number of hydrogen-bond acceptors (Lipinski definition) is 4. The summed E-state index contributed by atoms with van der Waals surface area (Å²) in [4.78, 5) is 25.6. The number of rotatable bonds is 2. The van der Waals surface area contributed by atoms with Gasteiger partial charge >= 0.3 is 0 Å². The summed E-state index contributed by atoms with van der Waals surface area (Å²) in [6.45, 7) is 2.13. The van der Waals surface area contributed by atoms with Gasteiger partial charge in [0.25, 0.3) is 0 Å². The lowest BCUT2D eigenvalue weighted by Gasteiger charge is -2.36. The molecule has 0 aromatic rings. The summed E-state index contributed by atoms with van der Waals surface area (Å²) < 4.78 is 8.55. The van der Waals surface area contributed by atoms with Crippen molar-refractivity contribution in [2.24, 2.45) is 0 Å². The minimum Gasteiger partial charge on any atom is -0.822 e. The van der Waals surface area contributed by atoms with E-state index >= 15 is 0 Å². The van der Waals surface area contributed by atoms with Crippen molar-refractivity contribution >= 4 is 19.4 Å². The minimum absolute atomic E-state index is 0.816. The summed E-state index contributed by atoms with van der Waals surface area (Å²) in [6, 6.07) is 0. The highest BCUT2D eigenvalue weighted by Crippen LogP contribution is 2.03. The molecule has 0 bridgehead atoms. The maximum Gasteiger partial charge on any atom is 0.0223 e. The van der Waals surface area contributed by atoms with Crippen molar-refractivity contribution in [3.05, 3.63) is 0 Å². The Kier molecular flexibility index (Phi) is 9.78. The Balaban J connectivity index is 0. The molecular weight excluding hydrogens is 178 g/mol. The highest BCUT2D eigenvalue weighted by atomic mass is 35.5.